The maximum absolute atomic E-state index is 13.4. The number of rotatable bonds is 8. The number of aromatic amines is 1. The first-order chi connectivity index (χ1) is 18.3. The number of methoxy groups -OCH3 is 1. The second kappa shape index (κ2) is 13.8. The molecule has 0 radical (unpaired) electrons. The number of anilines is 1. The van der Waals surface area contributed by atoms with Crippen LogP contribution in [0.4, 0.5) is 14.9 Å². The molecule has 1 aliphatic rings. The number of allylic oxidation sites excluding steroid dienone is 1. The monoisotopic (exact) mass is 525 g/mol. The van der Waals surface area contributed by atoms with Gasteiger partial charge in [-0.1, -0.05) is 6.08 Å². The Bertz CT molecular complexity index is 1360. The van der Waals surface area contributed by atoms with E-state index in [2.05, 4.69) is 20.8 Å². The van der Waals surface area contributed by atoms with Crippen LogP contribution >= 0.6 is 0 Å². The number of halogens is 1. The number of amides is 3. The fourth-order valence-electron chi connectivity index (χ4n) is 4.01. The Morgan fingerprint density at radius 2 is 1.92 bits per heavy atom. The molecular weight excluding hydrogens is 493 g/mol. The lowest BCUT2D eigenvalue weighted by Crippen LogP contribution is -2.25. The van der Waals surface area contributed by atoms with Crippen LogP contribution in [0.2, 0.25) is 0 Å². The average Bonchev–Trinajstić information content (AvgIpc) is 3.56. The van der Waals surface area contributed by atoms with Crippen LogP contribution in [0.1, 0.15) is 37.8 Å². The van der Waals surface area contributed by atoms with E-state index in [-0.39, 0.29) is 41.8 Å². The lowest BCUT2D eigenvalue weighted by Gasteiger charge is -2.11. The lowest BCUT2D eigenvalue weighted by molar-refractivity contribution is -0.125. The van der Waals surface area contributed by atoms with Crippen molar-refractivity contribution in [1.82, 2.24) is 14.5 Å². The molecule has 0 aliphatic carbocycles. The number of benzene rings is 1. The Morgan fingerprint density at radius 3 is 2.63 bits per heavy atom. The van der Waals surface area contributed by atoms with Crippen molar-refractivity contribution in [3.8, 4) is 0 Å². The van der Waals surface area contributed by atoms with E-state index in [9.17, 15) is 23.6 Å². The number of fused-ring (bicyclic) bond motifs is 1. The molecule has 2 aromatic heterocycles. The first-order valence-corrected chi connectivity index (χ1v) is 12.3. The highest BCUT2D eigenvalue weighted by atomic mass is 19.1. The van der Waals surface area contributed by atoms with Crippen molar-refractivity contribution >= 4 is 34.5 Å². The third kappa shape index (κ3) is 8.32. The average molecular weight is 526 g/mol. The third-order valence-electron chi connectivity index (χ3n) is 5.93. The number of nitrogens with one attached hydrogen (secondary N) is 2. The van der Waals surface area contributed by atoms with E-state index in [0.717, 1.165) is 42.5 Å². The number of nitrogens with zero attached hydrogens (tertiary/aromatic N) is 2. The number of ether oxygens (including phenoxy) is 1. The molecule has 38 heavy (non-hydrogen) atoms. The Kier molecular flexibility index (Phi) is 10.2. The van der Waals surface area contributed by atoms with Gasteiger partial charge in [0.1, 0.15) is 11.5 Å². The zero-order valence-corrected chi connectivity index (χ0v) is 21.2. The lowest BCUT2D eigenvalue weighted by atomic mass is 10.2. The predicted octanol–water partition coefficient (Wildman–Crippen LogP) is 3.52. The van der Waals surface area contributed by atoms with Gasteiger partial charge < -0.3 is 30.2 Å². The van der Waals surface area contributed by atoms with Crippen LogP contribution in [0.15, 0.2) is 59.5 Å². The molecule has 0 saturated carbocycles. The number of pyridine rings is 1. The summed E-state index contributed by atoms with van der Waals surface area (Å²) in [6, 6.07) is 9.56. The minimum atomic E-state index is -0.745. The van der Waals surface area contributed by atoms with Crippen LogP contribution in [0, 0.1) is 5.82 Å². The van der Waals surface area contributed by atoms with Crippen LogP contribution in [-0.4, -0.2) is 52.6 Å². The van der Waals surface area contributed by atoms with Crippen molar-refractivity contribution < 1.29 is 23.5 Å². The van der Waals surface area contributed by atoms with Crippen LogP contribution in [0.5, 0.6) is 0 Å². The van der Waals surface area contributed by atoms with Crippen molar-refractivity contribution in [2.45, 2.75) is 38.6 Å². The van der Waals surface area contributed by atoms with Crippen LogP contribution in [0.3, 0.4) is 0 Å². The molecule has 0 spiro atoms. The predicted molar refractivity (Wildman–Crippen MR) is 142 cm³/mol. The number of carbonyl (C=O) groups excluding carboxylic acids is 3. The van der Waals surface area contributed by atoms with Crippen LogP contribution in [-0.2, 0) is 20.9 Å². The smallest absolute Gasteiger partial charge is 0.404 e. The molecule has 1 aliphatic heterocycles. The van der Waals surface area contributed by atoms with Crippen molar-refractivity contribution in [3.63, 3.8) is 0 Å². The highest BCUT2D eigenvalue weighted by Crippen LogP contribution is 2.17. The molecule has 4 N–H and O–H groups in total. The van der Waals surface area contributed by atoms with Crippen molar-refractivity contribution in [1.29, 1.82) is 0 Å². The Morgan fingerprint density at radius 1 is 1.18 bits per heavy atom. The van der Waals surface area contributed by atoms with Crippen molar-refractivity contribution in [3.05, 3.63) is 76.6 Å². The van der Waals surface area contributed by atoms with Gasteiger partial charge in [0, 0.05) is 42.3 Å². The Balaban J connectivity index is 0.000000732. The van der Waals surface area contributed by atoms with E-state index in [1.165, 1.54) is 23.8 Å². The molecule has 1 aromatic carbocycles. The highest BCUT2D eigenvalue weighted by molar-refractivity contribution is 5.90. The van der Waals surface area contributed by atoms with E-state index in [4.69, 9.17) is 0 Å². The van der Waals surface area contributed by atoms with Gasteiger partial charge in [0.05, 0.1) is 13.7 Å². The summed E-state index contributed by atoms with van der Waals surface area (Å²) >= 11 is 0. The highest BCUT2D eigenvalue weighted by Gasteiger charge is 2.15. The standard InChI is InChI=1S/C25H27FN4O3.C2H5NO2/c26-19-10-11-21-18(15-19)16-20(27-21)17-30-14-6-7-22(25(30)33)28-23(31)8-2-1-3-9-24(32)29-12-4-5-13-29;1-5-2(3)4/h3,6-7,9-11,14-16,27H,1-2,4-5,8,12-13,17H2,(H,28,31);1H3,(H2,3,4)/b9-3+;. The maximum atomic E-state index is 13.4. The van der Waals surface area contributed by atoms with Crippen LogP contribution < -0.4 is 16.6 Å². The van der Waals surface area contributed by atoms with E-state index in [1.807, 2.05) is 4.90 Å². The molecule has 3 heterocycles. The largest absolute Gasteiger partial charge is 0.453 e. The third-order valence-corrected chi connectivity index (χ3v) is 5.93. The summed E-state index contributed by atoms with van der Waals surface area (Å²) in [5, 5.41) is 3.42. The summed E-state index contributed by atoms with van der Waals surface area (Å²) in [6.45, 7) is 1.91. The van der Waals surface area contributed by atoms with Gasteiger partial charge in [-0.15, -0.1) is 0 Å². The Labute approximate surface area is 219 Å². The van der Waals surface area contributed by atoms with Crippen molar-refractivity contribution in [2.24, 2.45) is 5.73 Å². The summed E-state index contributed by atoms with van der Waals surface area (Å²) < 4.78 is 18.8. The van der Waals surface area contributed by atoms with Gasteiger partial charge in [0.15, 0.2) is 0 Å². The zero-order valence-electron chi connectivity index (χ0n) is 21.2. The number of hydrogen-bond donors (Lipinski definition) is 3. The van der Waals surface area contributed by atoms with Gasteiger partial charge in [-0.3, -0.25) is 14.4 Å². The molecule has 10 nitrogen and oxygen atoms in total. The van der Waals surface area contributed by atoms with Gasteiger partial charge in [0.2, 0.25) is 11.8 Å². The summed E-state index contributed by atoms with van der Waals surface area (Å²) in [5.41, 5.74) is 5.88. The maximum Gasteiger partial charge on any atom is 0.404 e. The van der Waals surface area contributed by atoms with Crippen molar-refractivity contribution in [2.75, 3.05) is 25.5 Å². The van der Waals surface area contributed by atoms with Gasteiger partial charge in [-0.25, -0.2) is 9.18 Å². The van der Waals surface area contributed by atoms with E-state index >= 15 is 0 Å². The normalized spacial score (nSPS) is 12.8. The summed E-state index contributed by atoms with van der Waals surface area (Å²) in [7, 11) is 1.22. The molecule has 3 aromatic rings. The number of primary amides is 1. The first kappa shape index (κ1) is 28.2. The zero-order chi connectivity index (χ0) is 27.5. The van der Waals surface area contributed by atoms with Gasteiger partial charge >= 0.3 is 6.09 Å². The minimum Gasteiger partial charge on any atom is -0.453 e. The fourth-order valence-corrected chi connectivity index (χ4v) is 4.01. The SMILES string of the molecule is COC(N)=O.O=C(CCC/C=C/C(=O)N1CCCC1)Nc1cccn(Cc2cc3cc(F)ccc3[nH]2)c1=O. The number of likely N-dealkylation sites (tertiary alicyclic amines) is 1. The summed E-state index contributed by atoms with van der Waals surface area (Å²) in [4.78, 5) is 51.4. The fraction of sp³-hybridized carbons (Fsp3) is 0.333. The summed E-state index contributed by atoms with van der Waals surface area (Å²) in [6.07, 6.45) is 7.86. The molecular formula is C27H32FN5O5. The molecule has 202 valence electrons. The Hall–Kier alpha value is -4.41. The second-order valence-electron chi connectivity index (χ2n) is 8.78. The van der Waals surface area contributed by atoms with E-state index in [0.29, 0.717) is 12.8 Å². The van der Waals surface area contributed by atoms with Gasteiger partial charge in [-0.05, 0) is 68.2 Å². The topological polar surface area (TPSA) is 140 Å². The molecule has 11 heteroatoms. The number of carbonyl (C=O) groups is 3. The number of H-pyrrole nitrogens is 1. The number of hydrogen-bond acceptors (Lipinski definition) is 5. The quantitative estimate of drug-likeness (QED) is 0.305. The minimum absolute atomic E-state index is 0.0295. The van der Waals surface area contributed by atoms with E-state index < -0.39 is 6.09 Å². The van der Waals surface area contributed by atoms with Gasteiger partial charge in [-0.2, -0.15) is 0 Å². The van der Waals surface area contributed by atoms with Crippen LogP contribution in [0.25, 0.3) is 10.9 Å². The summed E-state index contributed by atoms with van der Waals surface area (Å²) in [5.74, 6) is -0.532. The number of unbranched alkanes of at least 4 members (excludes halogenated alkanes) is 1. The molecule has 1 saturated heterocycles. The molecule has 0 unspecified atom stereocenters. The number of nitrogens with two attached hydrogens (primary N) is 1. The molecule has 0 atom stereocenters. The molecule has 1 fully saturated rings. The molecule has 4 rings (SSSR count). The molecule has 3 amide bonds. The second-order valence-corrected chi connectivity index (χ2v) is 8.78. The van der Waals surface area contributed by atoms with Gasteiger partial charge in [0.25, 0.3) is 5.56 Å². The molecule has 0 bridgehead atoms. The first-order valence-electron chi connectivity index (χ1n) is 12.3. The number of aromatic nitrogens is 2. The van der Waals surface area contributed by atoms with E-state index in [1.54, 1.807) is 42.6 Å².